The Morgan fingerprint density at radius 2 is 2.31 bits per heavy atom. The van der Waals surface area contributed by atoms with Crippen molar-refractivity contribution < 1.29 is 14.7 Å². The summed E-state index contributed by atoms with van der Waals surface area (Å²) in [6.45, 7) is 2.48. The van der Waals surface area contributed by atoms with Crippen LogP contribution in [0.3, 0.4) is 0 Å². The van der Waals surface area contributed by atoms with Crippen LogP contribution in [0.1, 0.15) is 37.5 Å². The van der Waals surface area contributed by atoms with Crippen molar-refractivity contribution in [3.8, 4) is 0 Å². The van der Waals surface area contributed by atoms with Crippen molar-refractivity contribution in [3.05, 3.63) is 27.3 Å². The molecule has 0 radical (unpaired) electrons. The maximum Gasteiger partial charge on any atom is 0.266 e. The molecule has 1 aromatic heterocycles. The third kappa shape index (κ3) is 4.03. The number of aliphatic hydroxyl groups is 1. The first-order valence-electron chi connectivity index (χ1n) is 8.75. The minimum absolute atomic E-state index is 0.0451. The number of carbonyl (C=O) groups is 2. The molecular weight excluding hydrogens is 388 g/mol. The van der Waals surface area contributed by atoms with Gasteiger partial charge in [0.2, 0.25) is 5.91 Å². The number of thiophene rings is 1. The Morgan fingerprint density at radius 3 is 3.00 bits per heavy atom. The second-order valence-electron chi connectivity index (χ2n) is 6.44. The van der Waals surface area contributed by atoms with E-state index < -0.39 is 6.04 Å². The van der Waals surface area contributed by atoms with Crippen molar-refractivity contribution in [1.29, 1.82) is 0 Å². The molecule has 1 aromatic rings. The molecule has 2 saturated heterocycles. The van der Waals surface area contributed by atoms with Crippen LogP contribution in [0.5, 0.6) is 0 Å². The largest absolute Gasteiger partial charge is 0.396 e. The number of nitrogens with zero attached hydrogens (tertiary/aromatic N) is 2. The molecule has 2 fully saturated rings. The highest BCUT2D eigenvalue weighted by atomic mass is 32.2. The zero-order chi connectivity index (χ0) is 18.7. The summed E-state index contributed by atoms with van der Waals surface area (Å²) in [6, 6.07) is 3.29. The molecule has 26 heavy (non-hydrogen) atoms. The number of carbonyl (C=O) groups excluding carboxylic acids is 2. The molecule has 2 aliphatic rings. The van der Waals surface area contributed by atoms with Gasteiger partial charge in [0, 0.05) is 24.1 Å². The maximum absolute atomic E-state index is 13.0. The zero-order valence-corrected chi connectivity index (χ0v) is 17.0. The van der Waals surface area contributed by atoms with E-state index in [0.717, 1.165) is 24.1 Å². The van der Waals surface area contributed by atoms with E-state index in [0.29, 0.717) is 22.2 Å². The number of likely N-dealkylation sites (tertiary alicyclic amines) is 1. The molecule has 0 saturated carbocycles. The molecule has 8 heteroatoms. The second-order valence-corrected chi connectivity index (χ2v) is 9.09. The molecule has 2 atom stereocenters. The van der Waals surface area contributed by atoms with Gasteiger partial charge >= 0.3 is 0 Å². The number of aliphatic hydroxyl groups excluding tert-OH is 1. The van der Waals surface area contributed by atoms with Gasteiger partial charge in [-0.25, -0.2) is 0 Å². The van der Waals surface area contributed by atoms with Crippen molar-refractivity contribution in [2.75, 3.05) is 13.2 Å². The first-order chi connectivity index (χ1) is 12.5. The molecule has 2 amide bonds. The number of amides is 2. The van der Waals surface area contributed by atoms with Crippen LogP contribution >= 0.6 is 35.3 Å². The molecular formula is C18H22N2O3S3. The lowest BCUT2D eigenvalue weighted by atomic mass is 9.98. The summed E-state index contributed by atoms with van der Waals surface area (Å²) < 4.78 is 0.425. The van der Waals surface area contributed by atoms with E-state index in [-0.39, 0.29) is 24.5 Å². The summed E-state index contributed by atoms with van der Waals surface area (Å²) in [4.78, 5) is 30.7. The predicted molar refractivity (Wildman–Crippen MR) is 110 cm³/mol. The van der Waals surface area contributed by atoms with Gasteiger partial charge in [-0.15, -0.1) is 11.3 Å². The summed E-state index contributed by atoms with van der Waals surface area (Å²) in [5, 5.41) is 11.2. The van der Waals surface area contributed by atoms with Crippen LogP contribution in [0.4, 0.5) is 0 Å². The number of piperidine rings is 1. The molecule has 0 aliphatic carbocycles. The Hall–Kier alpha value is -1.22. The topological polar surface area (TPSA) is 60.9 Å². The van der Waals surface area contributed by atoms with Gasteiger partial charge in [-0.05, 0) is 50.1 Å². The highest BCUT2D eigenvalue weighted by molar-refractivity contribution is 8.26. The average Bonchev–Trinajstić information content (AvgIpc) is 3.23. The third-order valence-corrected chi connectivity index (χ3v) is 6.91. The number of hydrogen-bond donors (Lipinski definition) is 1. The molecule has 0 unspecified atom stereocenters. The van der Waals surface area contributed by atoms with E-state index in [2.05, 4.69) is 0 Å². The van der Waals surface area contributed by atoms with Gasteiger partial charge in [0.1, 0.15) is 10.4 Å². The molecule has 3 heterocycles. The number of thioether (sulfide) groups is 1. The summed E-state index contributed by atoms with van der Waals surface area (Å²) in [7, 11) is 0. The minimum atomic E-state index is -0.629. The monoisotopic (exact) mass is 410 g/mol. The SMILES string of the molecule is C[C@H](C(=O)N1CCCC[C@H]1CCO)N1C(=O)/C(=C/c2cccs2)SC1=S. The molecule has 0 bridgehead atoms. The van der Waals surface area contributed by atoms with Gasteiger partial charge in [0.15, 0.2) is 0 Å². The first-order valence-corrected chi connectivity index (χ1v) is 10.8. The Morgan fingerprint density at radius 1 is 1.50 bits per heavy atom. The van der Waals surface area contributed by atoms with Gasteiger partial charge in [-0.3, -0.25) is 14.5 Å². The van der Waals surface area contributed by atoms with E-state index in [9.17, 15) is 14.7 Å². The van der Waals surface area contributed by atoms with Crippen LogP contribution < -0.4 is 0 Å². The molecule has 0 spiro atoms. The Kier molecular flexibility index (Phi) is 6.50. The van der Waals surface area contributed by atoms with E-state index in [1.165, 1.54) is 16.7 Å². The summed E-state index contributed by atoms with van der Waals surface area (Å²) in [5.74, 6) is -0.290. The van der Waals surface area contributed by atoms with Crippen molar-refractivity contribution in [2.45, 2.75) is 44.7 Å². The molecule has 1 N–H and O–H groups in total. The minimum Gasteiger partial charge on any atom is -0.396 e. The van der Waals surface area contributed by atoms with Crippen molar-refractivity contribution in [3.63, 3.8) is 0 Å². The van der Waals surface area contributed by atoms with Crippen LogP contribution in [0, 0.1) is 0 Å². The lowest BCUT2D eigenvalue weighted by Crippen LogP contribution is -2.53. The smallest absolute Gasteiger partial charge is 0.266 e. The summed E-state index contributed by atoms with van der Waals surface area (Å²) in [5.41, 5.74) is 0. The van der Waals surface area contributed by atoms with Crippen molar-refractivity contribution in [1.82, 2.24) is 9.80 Å². The highest BCUT2D eigenvalue weighted by Gasteiger charge is 2.41. The normalized spacial score (nSPS) is 23.8. The average molecular weight is 411 g/mol. The summed E-state index contributed by atoms with van der Waals surface area (Å²) >= 11 is 8.19. The van der Waals surface area contributed by atoms with Crippen LogP contribution in [-0.4, -0.2) is 56.3 Å². The number of rotatable bonds is 5. The fourth-order valence-electron chi connectivity index (χ4n) is 3.41. The Labute approximate surface area is 167 Å². The molecule has 0 aromatic carbocycles. The van der Waals surface area contributed by atoms with Crippen molar-refractivity contribution in [2.24, 2.45) is 0 Å². The standard InChI is InChI=1S/C18H22N2O3S3/c1-12(16(22)19-8-3-2-5-13(19)7-9-21)20-17(23)15(26-18(20)24)11-14-6-4-10-25-14/h4,6,10-13,21H,2-3,5,7-9H2,1H3/b15-11-/t12-,13+/m1/s1. The highest BCUT2D eigenvalue weighted by Crippen LogP contribution is 2.35. The zero-order valence-electron chi connectivity index (χ0n) is 14.6. The fraction of sp³-hybridized carbons (Fsp3) is 0.500. The van der Waals surface area contributed by atoms with Gasteiger partial charge in [-0.2, -0.15) is 0 Å². The van der Waals surface area contributed by atoms with Crippen LogP contribution in [-0.2, 0) is 9.59 Å². The van der Waals surface area contributed by atoms with Gasteiger partial charge < -0.3 is 10.0 Å². The maximum atomic E-state index is 13.0. The molecule has 3 rings (SSSR count). The van der Waals surface area contributed by atoms with Gasteiger partial charge in [0.25, 0.3) is 5.91 Å². The number of hydrogen-bond acceptors (Lipinski definition) is 6. The summed E-state index contributed by atoms with van der Waals surface area (Å²) in [6.07, 6.45) is 5.33. The van der Waals surface area contributed by atoms with E-state index in [1.807, 2.05) is 28.5 Å². The predicted octanol–water partition coefficient (Wildman–Crippen LogP) is 3.10. The molecule has 5 nitrogen and oxygen atoms in total. The van der Waals surface area contributed by atoms with E-state index >= 15 is 0 Å². The Bertz CT molecular complexity index is 715. The third-order valence-electron chi connectivity index (χ3n) is 4.76. The number of thiocarbonyl (C=S) groups is 1. The van der Waals surface area contributed by atoms with E-state index in [1.54, 1.807) is 18.3 Å². The van der Waals surface area contributed by atoms with Crippen LogP contribution in [0.2, 0.25) is 0 Å². The van der Waals surface area contributed by atoms with Crippen LogP contribution in [0.25, 0.3) is 6.08 Å². The fourth-order valence-corrected chi connectivity index (χ4v) is 5.55. The van der Waals surface area contributed by atoms with Crippen molar-refractivity contribution >= 4 is 57.5 Å². The van der Waals surface area contributed by atoms with E-state index in [4.69, 9.17) is 12.2 Å². The second kappa shape index (κ2) is 8.65. The molecule has 2 aliphatic heterocycles. The quantitative estimate of drug-likeness (QED) is 0.597. The molecule has 140 valence electrons. The Balaban J connectivity index is 1.76. The van der Waals surface area contributed by atoms with Gasteiger partial charge in [0.05, 0.1) is 4.91 Å². The van der Waals surface area contributed by atoms with Crippen LogP contribution in [0.15, 0.2) is 22.4 Å². The first kappa shape index (κ1) is 19.5. The van der Waals surface area contributed by atoms with Gasteiger partial charge in [-0.1, -0.05) is 30.0 Å². The lowest BCUT2D eigenvalue weighted by Gasteiger charge is -2.38. The lowest BCUT2D eigenvalue weighted by molar-refractivity contribution is -0.142.